The van der Waals surface area contributed by atoms with Crippen molar-refractivity contribution in [3.05, 3.63) is 0 Å². The summed E-state index contributed by atoms with van der Waals surface area (Å²) in [5, 5.41) is 0. The van der Waals surface area contributed by atoms with Gasteiger partial charge in [-0.05, 0) is 18.8 Å². The van der Waals surface area contributed by atoms with Crippen molar-refractivity contribution in [3.63, 3.8) is 0 Å². The molecular formula is C18H30O2. The van der Waals surface area contributed by atoms with Gasteiger partial charge >= 0.3 is 5.97 Å². The normalized spacial score (nSPS) is 13.7. The molecule has 0 saturated heterocycles. The van der Waals surface area contributed by atoms with E-state index in [1.54, 1.807) is 0 Å². The molecule has 114 valence electrons. The number of ether oxygens (including phenoxy) is 1. The van der Waals surface area contributed by atoms with Crippen molar-refractivity contribution in [1.82, 2.24) is 0 Å². The Morgan fingerprint density at radius 3 is 2.55 bits per heavy atom. The molecule has 1 fully saturated rings. The second-order valence-electron chi connectivity index (χ2n) is 5.89. The van der Waals surface area contributed by atoms with Gasteiger partial charge in [-0.25, -0.2) is 4.79 Å². The molecule has 0 aromatic carbocycles. The summed E-state index contributed by atoms with van der Waals surface area (Å²) in [5.74, 6) is 6.16. The fourth-order valence-electron chi connectivity index (χ4n) is 2.27. The van der Waals surface area contributed by atoms with E-state index < -0.39 is 0 Å². The number of esters is 1. The quantitative estimate of drug-likeness (QED) is 0.233. The van der Waals surface area contributed by atoms with Crippen LogP contribution >= 0.6 is 0 Å². The number of rotatable bonds is 11. The van der Waals surface area contributed by atoms with Gasteiger partial charge in [0.1, 0.15) is 0 Å². The number of hydrogen-bond donors (Lipinski definition) is 0. The highest BCUT2D eigenvalue weighted by Crippen LogP contribution is 2.33. The van der Waals surface area contributed by atoms with Crippen LogP contribution in [0.1, 0.15) is 84.0 Å². The van der Waals surface area contributed by atoms with Crippen molar-refractivity contribution in [3.8, 4) is 11.8 Å². The zero-order valence-electron chi connectivity index (χ0n) is 13.1. The average molecular weight is 278 g/mol. The van der Waals surface area contributed by atoms with Crippen LogP contribution in [0.5, 0.6) is 0 Å². The van der Waals surface area contributed by atoms with Crippen molar-refractivity contribution < 1.29 is 9.53 Å². The molecule has 1 saturated carbocycles. The maximum Gasteiger partial charge on any atom is 0.384 e. The van der Waals surface area contributed by atoms with Gasteiger partial charge < -0.3 is 4.74 Å². The predicted molar refractivity (Wildman–Crippen MR) is 83.3 cm³/mol. The maximum atomic E-state index is 11.3. The van der Waals surface area contributed by atoms with Gasteiger partial charge in [0, 0.05) is 12.3 Å². The van der Waals surface area contributed by atoms with E-state index in [2.05, 4.69) is 18.8 Å². The summed E-state index contributed by atoms with van der Waals surface area (Å²) in [6.07, 6.45) is 14.7. The Balaban J connectivity index is 1.83. The van der Waals surface area contributed by atoms with Crippen molar-refractivity contribution >= 4 is 5.97 Å². The molecule has 2 nitrogen and oxygen atoms in total. The maximum absolute atomic E-state index is 11.3. The number of hydrogen-bond acceptors (Lipinski definition) is 2. The third-order valence-electron chi connectivity index (χ3n) is 3.78. The van der Waals surface area contributed by atoms with E-state index in [4.69, 9.17) is 4.74 Å². The molecule has 0 spiro atoms. The Hall–Kier alpha value is -0.970. The van der Waals surface area contributed by atoms with Crippen LogP contribution in [0.3, 0.4) is 0 Å². The zero-order valence-corrected chi connectivity index (χ0v) is 13.1. The van der Waals surface area contributed by atoms with E-state index in [0.29, 0.717) is 6.61 Å². The zero-order chi connectivity index (χ0) is 14.5. The summed E-state index contributed by atoms with van der Waals surface area (Å²) in [5.41, 5.74) is 0. The molecule has 0 aromatic rings. The SMILES string of the molecule is CCCCCCCC#CC(=O)OCCCCCC1CC1. The van der Waals surface area contributed by atoms with E-state index in [1.807, 2.05) is 0 Å². The highest BCUT2D eigenvalue weighted by molar-refractivity contribution is 5.88. The van der Waals surface area contributed by atoms with Gasteiger partial charge in [0.25, 0.3) is 0 Å². The summed E-state index contributed by atoms with van der Waals surface area (Å²) < 4.78 is 5.10. The Bertz CT molecular complexity index is 307. The Morgan fingerprint density at radius 2 is 1.80 bits per heavy atom. The van der Waals surface area contributed by atoms with Gasteiger partial charge in [-0.1, -0.05) is 70.6 Å². The van der Waals surface area contributed by atoms with E-state index in [1.165, 1.54) is 57.8 Å². The lowest BCUT2D eigenvalue weighted by molar-refractivity contribution is -0.136. The fourth-order valence-corrected chi connectivity index (χ4v) is 2.27. The van der Waals surface area contributed by atoms with E-state index in [0.717, 1.165) is 25.2 Å². The molecule has 0 aliphatic heterocycles. The third kappa shape index (κ3) is 10.9. The third-order valence-corrected chi connectivity index (χ3v) is 3.78. The van der Waals surface area contributed by atoms with Crippen LogP contribution in [-0.2, 0) is 9.53 Å². The first kappa shape index (κ1) is 17.1. The summed E-state index contributed by atoms with van der Waals surface area (Å²) in [6.45, 7) is 2.75. The number of carbonyl (C=O) groups is 1. The summed E-state index contributed by atoms with van der Waals surface area (Å²) >= 11 is 0. The summed E-state index contributed by atoms with van der Waals surface area (Å²) in [6, 6.07) is 0. The van der Waals surface area contributed by atoms with Gasteiger partial charge in [-0.2, -0.15) is 0 Å². The Kier molecular flexibility index (Phi) is 10.1. The topological polar surface area (TPSA) is 26.3 Å². The van der Waals surface area contributed by atoms with Crippen LogP contribution in [0.25, 0.3) is 0 Å². The largest absolute Gasteiger partial charge is 0.456 e. The highest BCUT2D eigenvalue weighted by Gasteiger charge is 2.19. The van der Waals surface area contributed by atoms with Crippen molar-refractivity contribution in [2.24, 2.45) is 5.92 Å². The molecule has 20 heavy (non-hydrogen) atoms. The van der Waals surface area contributed by atoms with Gasteiger partial charge in [0.05, 0.1) is 6.61 Å². The van der Waals surface area contributed by atoms with Crippen LogP contribution in [-0.4, -0.2) is 12.6 Å². The summed E-state index contributed by atoms with van der Waals surface area (Å²) in [4.78, 5) is 11.3. The monoisotopic (exact) mass is 278 g/mol. The van der Waals surface area contributed by atoms with Crippen LogP contribution in [0, 0.1) is 17.8 Å². The smallest absolute Gasteiger partial charge is 0.384 e. The van der Waals surface area contributed by atoms with Crippen LogP contribution in [0.15, 0.2) is 0 Å². The molecule has 0 heterocycles. The fraction of sp³-hybridized carbons (Fsp3) is 0.833. The highest BCUT2D eigenvalue weighted by atomic mass is 16.5. The van der Waals surface area contributed by atoms with Crippen molar-refractivity contribution in [2.75, 3.05) is 6.61 Å². The number of unbranched alkanes of at least 4 members (excludes halogenated alkanes) is 7. The van der Waals surface area contributed by atoms with Gasteiger partial charge in [0.15, 0.2) is 0 Å². The molecule has 0 N–H and O–H groups in total. The summed E-state index contributed by atoms with van der Waals surface area (Å²) in [7, 11) is 0. The van der Waals surface area contributed by atoms with E-state index >= 15 is 0 Å². The lowest BCUT2D eigenvalue weighted by Crippen LogP contribution is -2.02. The molecule has 0 amide bonds. The molecule has 1 aliphatic carbocycles. The van der Waals surface area contributed by atoms with Gasteiger partial charge in [-0.15, -0.1) is 0 Å². The van der Waals surface area contributed by atoms with Crippen LogP contribution in [0.4, 0.5) is 0 Å². The molecule has 2 heteroatoms. The van der Waals surface area contributed by atoms with Gasteiger partial charge in [-0.3, -0.25) is 0 Å². The minimum absolute atomic E-state index is 0.347. The van der Waals surface area contributed by atoms with Crippen molar-refractivity contribution in [2.45, 2.75) is 84.0 Å². The molecule has 0 aromatic heterocycles. The molecule has 1 aliphatic rings. The Labute approximate surface area is 124 Å². The van der Waals surface area contributed by atoms with Crippen molar-refractivity contribution in [1.29, 1.82) is 0 Å². The lowest BCUT2D eigenvalue weighted by atomic mass is 10.1. The minimum Gasteiger partial charge on any atom is -0.456 e. The first-order chi connectivity index (χ1) is 9.83. The standard InChI is InChI=1S/C18H30O2/c1-2-3-4-5-6-7-10-13-18(19)20-16-11-8-9-12-17-14-15-17/h17H,2-9,11-12,14-16H2,1H3. The average Bonchev–Trinajstić information content (AvgIpc) is 3.26. The Morgan fingerprint density at radius 1 is 1.05 bits per heavy atom. The molecule has 0 unspecified atom stereocenters. The predicted octanol–water partition coefficient (Wildman–Crippen LogP) is 4.86. The molecule has 1 rings (SSSR count). The van der Waals surface area contributed by atoms with E-state index in [-0.39, 0.29) is 5.97 Å². The van der Waals surface area contributed by atoms with Gasteiger partial charge in [0.2, 0.25) is 0 Å². The molecule has 0 atom stereocenters. The first-order valence-corrected chi connectivity index (χ1v) is 8.48. The first-order valence-electron chi connectivity index (χ1n) is 8.48. The number of carbonyl (C=O) groups excluding carboxylic acids is 1. The van der Waals surface area contributed by atoms with Crippen LogP contribution in [0.2, 0.25) is 0 Å². The minimum atomic E-state index is -0.347. The second kappa shape index (κ2) is 11.8. The molecule has 0 bridgehead atoms. The molecule has 0 radical (unpaired) electrons. The molecular weight excluding hydrogens is 248 g/mol. The lowest BCUT2D eigenvalue weighted by Gasteiger charge is -2.00. The van der Waals surface area contributed by atoms with E-state index in [9.17, 15) is 4.79 Å². The van der Waals surface area contributed by atoms with Crippen LogP contribution < -0.4 is 0 Å². The second-order valence-corrected chi connectivity index (χ2v) is 5.89.